The summed E-state index contributed by atoms with van der Waals surface area (Å²) >= 11 is 3.65. The minimum absolute atomic E-state index is 0.158. The molecule has 0 radical (unpaired) electrons. The van der Waals surface area contributed by atoms with Gasteiger partial charge in [-0.3, -0.25) is 9.80 Å². The Morgan fingerprint density at radius 3 is 2.82 bits per heavy atom. The van der Waals surface area contributed by atoms with Crippen molar-refractivity contribution in [3.05, 3.63) is 22.2 Å². The maximum absolute atomic E-state index is 9.87. The molecule has 0 bridgehead atoms. The minimum Gasteiger partial charge on any atom is -0.454 e. The predicted molar refractivity (Wildman–Crippen MR) is 86.1 cm³/mol. The van der Waals surface area contributed by atoms with Crippen LogP contribution in [0.4, 0.5) is 0 Å². The first kappa shape index (κ1) is 14.8. The van der Waals surface area contributed by atoms with E-state index in [1.807, 2.05) is 6.07 Å². The molecule has 4 rings (SSSR count). The van der Waals surface area contributed by atoms with Gasteiger partial charge in [-0.1, -0.05) is 15.9 Å². The second-order valence-electron chi connectivity index (χ2n) is 6.57. The Morgan fingerprint density at radius 2 is 2.00 bits per heavy atom. The third kappa shape index (κ3) is 2.62. The number of halogens is 1. The number of rotatable bonds is 2. The smallest absolute Gasteiger partial charge is 0.231 e. The summed E-state index contributed by atoms with van der Waals surface area (Å²) in [7, 11) is 0. The van der Waals surface area contributed by atoms with E-state index in [0.717, 1.165) is 48.6 Å². The number of ether oxygens (including phenoxy) is 2. The first-order chi connectivity index (χ1) is 10.6. The average Bonchev–Trinajstić information content (AvgIpc) is 3.04. The highest BCUT2D eigenvalue weighted by atomic mass is 79.9. The molecule has 1 aromatic rings. The number of aliphatic hydroxyl groups excluding tert-OH is 1. The standard InChI is InChI=1S/C16H21BrN2O3/c1-10-5-19-8-13(20)3-12(19)7-18(10)6-11-2-15-16(4-14(11)17)22-9-21-15/h2,4,10,12-13,20H,3,5-9H2,1H3/t10-,12-,13+/m0/s1. The highest BCUT2D eigenvalue weighted by Crippen LogP contribution is 2.38. The van der Waals surface area contributed by atoms with Gasteiger partial charge < -0.3 is 14.6 Å². The second kappa shape index (κ2) is 5.67. The number of piperazine rings is 1. The van der Waals surface area contributed by atoms with E-state index >= 15 is 0 Å². The van der Waals surface area contributed by atoms with Gasteiger partial charge in [-0.25, -0.2) is 0 Å². The first-order valence-corrected chi connectivity index (χ1v) is 8.63. The van der Waals surface area contributed by atoms with E-state index in [1.165, 1.54) is 5.56 Å². The number of aliphatic hydroxyl groups is 1. The average molecular weight is 369 g/mol. The lowest BCUT2D eigenvalue weighted by molar-refractivity contribution is 0.0527. The second-order valence-corrected chi connectivity index (χ2v) is 7.43. The van der Waals surface area contributed by atoms with Gasteiger partial charge in [0.2, 0.25) is 6.79 Å². The molecule has 2 fully saturated rings. The SMILES string of the molecule is C[C@H]1CN2C[C@H](O)C[C@H]2CN1Cc1cc2c(cc1Br)OCO2. The van der Waals surface area contributed by atoms with E-state index in [-0.39, 0.29) is 6.10 Å². The number of benzene rings is 1. The van der Waals surface area contributed by atoms with Gasteiger partial charge >= 0.3 is 0 Å². The summed E-state index contributed by atoms with van der Waals surface area (Å²) in [6, 6.07) is 5.05. The fourth-order valence-electron chi connectivity index (χ4n) is 3.80. The van der Waals surface area contributed by atoms with Crippen molar-refractivity contribution in [3.8, 4) is 11.5 Å². The van der Waals surface area contributed by atoms with E-state index in [9.17, 15) is 5.11 Å². The summed E-state index contributed by atoms with van der Waals surface area (Å²) in [5.74, 6) is 1.65. The summed E-state index contributed by atoms with van der Waals surface area (Å²) < 4.78 is 12.0. The summed E-state index contributed by atoms with van der Waals surface area (Å²) in [6.07, 6.45) is 0.736. The van der Waals surface area contributed by atoms with Crippen LogP contribution in [0.2, 0.25) is 0 Å². The molecule has 5 nitrogen and oxygen atoms in total. The van der Waals surface area contributed by atoms with E-state index in [4.69, 9.17) is 9.47 Å². The summed E-state index contributed by atoms with van der Waals surface area (Å²) in [5, 5.41) is 9.87. The zero-order valence-corrected chi connectivity index (χ0v) is 14.3. The van der Waals surface area contributed by atoms with Crippen molar-refractivity contribution in [2.45, 2.75) is 38.1 Å². The van der Waals surface area contributed by atoms with Crippen molar-refractivity contribution in [1.29, 1.82) is 0 Å². The highest BCUT2D eigenvalue weighted by Gasteiger charge is 2.38. The van der Waals surface area contributed by atoms with Gasteiger partial charge in [0.15, 0.2) is 11.5 Å². The van der Waals surface area contributed by atoms with Crippen LogP contribution in [0.25, 0.3) is 0 Å². The molecule has 0 unspecified atom stereocenters. The van der Waals surface area contributed by atoms with Gasteiger partial charge in [0.05, 0.1) is 6.10 Å². The van der Waals surface area contributed by atoms with Crippen molar-refractivity contribution < 1.29 is 14.6 Å². The molecule has 1 aromatic carbocycles. The van der Waals surface area contributed by atoms with Crippen LogP contribution >= 0.6 is 15.9 Å². The molecule has 1 N–H and O–H groups in total. The number of hydrogen-bond donors (Lipinski definition) is 1. The maximum Gasteiger partial charge on any atom is 0.231 e. The molecule has 120 valence electrons. The molecular formula is C16H21BrN2O3. The molecule has 22 heavy (non-hydrogen) atoms. The van der Waals surface area contributed by atoms with Gasteiger partial charge in [-0.05, 0) is 31.0 Å². The quantitative estimate of drug-likeness (QED) is 0.862. The molecule has 3 aliphatic rings. The lowest BCUT2D eigenvalue weighted by atomic mass is 10.1. The zero-order chi connectivity index (χ0) is 15.3. The third-order valence-corrected chi connectivity index (χ3v) is 5.73. The fraction of sp³-hybridized carbons (Fsp3) is 0.625. The molecule has 0 aromatic heterocycles. The molecule has 0 amide bonds. The molecule has 6 heteroatoms. The highest BCUT2D eigenvalue weighted by molar-refractivity contribution is 9.10. The topological polar surface area (TPSA) is 45.2 Å². The molecule has 2 saturated heterocycles. The number of nitrogens with zero attached hydrogens (tertiary/aromatic N) is 2. The van der Waals surface area contributed by atoms with Crippen molar-refractivity contribution in [3.63, 3.8) is 0 Å². The summed E-state index contributed by atoms with van der Waals surface area (Å²) in [5.41, 5.74) is 1.23. The number of fused-ring (bicyclic) bond motifs is 2. The number of hydrogen-bond acceptors (Lipinski definition) is 5. The normalized spacial score (nSPS) is 31.5. The van der Waals surface area contributed by atoms with Gasteiger partial charge in [0.1, 0.15) is 0 Å². The summed E-state index contributed by atoms with van der Waals surface area (Å²) in [4.78, 5) is 4.93. The van der Waals surface area contributed by atoms with Crippen LogP contribution < -0.4 is 9.47 Å². The van der Waals surface area contributed by atoms with Gasteiger partial charge in [-0.15, -0.1) is 0 Å². The van der Waals surface area contributed by atoms with Crippen LogP contribution in [0.15, 0.2) is 16.6 Å². The van der Waals surface area contributed by atoms with Crippen molar-refractivity contribution >= 4 is 15.9 Å². The molecule has 3 heterocycles. The molecule has 0 saturated carbocycles. The van der Waals surface area contributed by atoms with Crippen molar-refractivity contribution in [1.82, 2.24) is 9.80 Å². The van der Waals surface area contributed by atoms with Crippen molar-refractivity contribution in [2.24, 2.45) is 0 Å². The van der Waals surface area contributed by atoms with Crippen LogP contribution in [0.5, 0.6) is 11.5 Å². The van der Waals surface area contributed by atoms with E-state index in [2.05, 4.69) is 38.7 Å². The maximum atomic E-state index is 9.87. The first-order valence-electron chi connectivity index (χ1n) is 7.84. The molecule has 0 spiro atoms. The van der Waals surface area contributed by atoms with Crippen LogP contribution in [0.3, 0.4) is 0 Å². The Balaban J connectivity index is 1.51. The molecule has 3 aliphatic heterocycles. The van der Waals surface area contributed by atoms with Gasteiger partial charge in [0, 0.05) is 42.7 Å². The van der Waals surface area contributed by atoms with E-state index in [0.29, 0.717) is 18.9 Å². The zero-order valence-electron chi connectivity index (χ0n) is 12.7. The van der Waals surface area contributed by atoms with Crippen LogP contribution in [-0.4, -0.2) is 59.5 Å². The van der Waals surface area contributed by atoms with Gasteiger partial charge in [-0.2, -0.15) is 0 Å². The monoisotopic (exact) mass is 368 g/mol. The predicted octanol–water partition coefficient (Wildman–Crippen LogP) is 1.82. The van der Waals surface area contributed by atoms with Crippen LogP contribution in [-0.2, 0) is 6.54 Å². The fourth-order valence-corrected chi connectivity index (χ4v) is 4.24. The third-order valence-electron chi connectivity index (χ3n) is 4.99. The Kier molecular flexibility index (Phi) is 3.80. The minimum atomic E-state index is -0.158. The Labute approximate surface area is 138 Å². The Hall–Kier alpha value is -0.820. The van der Waals surface area contributed by atoms with Gasteiger partial charge in [0.25, 0.3) is 0 Å². The molecule has 0 aliphatic carbocycles. The lowest BCUT2D eigenvalue weighted by Gasteiger charge is -2.42. The van der Waals surface area contributed by atoms with Crippen molar-refractivity contribution in [2.75, 3.05) is 26.4 Å². The largest absolute Gasteiger partial charge is 0.454 e. The Bertz CT molecular complexity index is 583. The molecular weight excluding hydrogens is 348 g/mol. The lowest BCUT2D eigenvalue weighted by Crippen LogP contribution is -2.54. The van der Waals surface area contributed by atoms with E-state index in [1.54, 1.807) is 0 Å². The Morgan fingerprint density at radius 1 is 1.23 bits per heavy atom. The van der Waals surface area contributed by atoms with Crippen LogP contribution in [0.1, 0.15) is 18.9 Å². The van der Waals surface area contributed by atoms with E-state index < -0.39 is 0 Å². The van der Waals surface area contributed by atoms with Crippen LogP contribution in [0, 0.1) is 0 Å². The molecule has 3 atom stereocenters. The summed E-state index contributed by atoms with van der Waals surface area (Å²) in [6.45, 7) is 6.33.